The van der Waals surface area contributed by atoms with Gasteiger partial charge in [0, 0.05) is 13.1 Å². The Bertz CT molecular complexity index is 598. The van der Waals surface area contributed by atoms with Crippen molar-refractivity contribution in [3.63, 3.8) is 0 Å². The van der Waals surface area contributed by atoms with Gasteiger partial charge in [-0.05, 0) is 56.6 Å². The number of carbonyl (C=O) groups is 1. The summed E-state index contributed by atoms with van der Waals surface area (Å²) >= 11 is 0. The summed E-state index contributed by atoms with van der Waals surface area (Å²) in [5.74, 6) is -0.756. The van der Waals surface area contributed by atoms with Gasteiger partial charge in [-0.2, -0.15) is 0 Å². The number of nitrogens with zero attached hydrogens (tertiary/aromatic N) is 1. The molecular weight excluding hydrogens is 292 g/mol. The number of hydrogen-bond donors (Lipinski definition) is 2. The van der Waals surface area contributed by atoms with Crippen molar-refractivity contribution in [2.75, 3.05) is 26.7 Å². The maximum absolute atomic E-state index is 12.2. The lowest BCUT2D eigenvalue weighted by Gasteiger charge is -2.29. The van der Waals surface area contributed by atoms with E-state index in [4.69, 9.17) is 5.11 Å². The summed E-state index contributed by atoms with van der Waals surface area (Å²) in [4.78, 5) is 13.0. The van der Waals surface area contributed by atoms with Crippen LogP contribution in [0, 0.1) is 5.92 Å². The zero-order valence-electron chi connectivity index (χ0n) is 11.9. The van der Waals surface area contributed by atoms with E-state index in [0.717, 1.165) is 25.9 Å². The zero-order valence-corrected chi connectivity index (χ0v) is 12.8. The van der Waals surface area contributed by atoms with E-state index >= 15 is 0 Å². The van der Waals surface area contributed by atoms with Crippen LogP contribution in [0.5, 0.6) is 0 Å². The first kappa shape index (κ1) is 15.9. The quantitative estimate of drug-likeness (QED) is 0.847. The maximum Gasteiger partial charge on any atom is 0.335 e. The first-order chi connectivity index (χ1) is 9.88. The van der Waals surface area contributed by atoms with Gasteiger partial charge in [0.05, 0.1) is 10.5 Å². The Morgan fingerprint density at radius 1 is 1.38 bits per heavy atom. The molecule has 0 spiro atoms. The minimum atomic E-state index is -3.58. The molecule has 0 aliphatic carbocycles. The van der Waals surface area contributed by atoms with Gasteiger partial charge in [-0.3, -0.25) is 0 Å². The number of aromatic carboxylic acids is 1. The van der Waals surface area contributed by atoms with Gasteiger partial charge in [0.2, 0.25) is 10.0 Å². The number of hydrogen-bond acceptors (Lipinski definition) is 4. The van der Waals surface area contributed by atoms with Gasteiger partial charge < -0.3 is 10.0 Å². The SMILES string of the molecule is CN1CCCC(CNS(=O)(=O)c2ccc(C(=O)O)cc2)C1. The fraction of sp³-hybridized carbons (Fsp3) is 0.500. The van der Waals surface area contributed by atoms with Crippen LogP contribution in [0.3, 0.4) is 0 Å². The van der Waals surface area contributed by atoms with Crippen LogP contribution >= 0.6 is 0 Å². The molecule has 0 amide bonds. The molecule has 0 radical (unpaired) electrons. The predicted octanol–water partition coefficient (Wildman–Crippen LogP) is 1.00. The summed E-state index contributed by atoms with van der Waals surface area (Å²) < 4.78 is 26.9. The lowest BCUT2D eigenvalue weighted by Crippen LogP contribution is -2.39. The van der Waals surface area contributed by atoms with E-state index in [9.17, 15) is 13.2 Å². The molecule has 7 heteroatoms. The van der Waals surface area contributed by atoms with E-state index in [2.05, 4.69) is 9.62 Å². The second-order valence-electron chi connectivity index (χ2n) is 5.45. The number of sulfonamides is 1. The van der Waals surface area contributed by atoms with E-state index in [-0.39, 0.29) is 10.5 Å². The second kappa shape index (κ2) is 6.55. The smallest absolute Gasteiger partial charge is 0.335 e. The van der Waals surface area contributed by atoms with E-state index < -0.39 is 16.0 Å². The summed E-state index contributed by atoms with van der Waals surface area (Å²) in [6.07, 6.45) is 2.10. The Balaban J connectivity index is 1.99. The van der Waals surface area contributed by atoms with Crippen molar-refractivity contribution >= 4 is 16.0 Å². The molecule has 2 rings (SSSR count). The molecule has 21 heavy (non-hydrogen) atoms. The number of piperidine rings is 1. The number of likely N-dealkylation sites (tertiary alicyclic amines) is 1. The van der Waals surface area contributed by atoms with Crippen molar-refractivity contribution in [3.05, 3.63) is 29.8 Å². The van der Waals surface area contributed by atoms with Crippen LogP contribution < -0.4 is 4.72 Å². The van der Waals surface area contributed by atoms with Crippen molar-refractivity contribution in [1.29, 1.82) is 0 Å². The molecule has 1 aromatic carbocycles. The van der Waals surface area contributed by atoms with Crippen LogP contribution in [0.2, 0.25) is 0 Å². The number of carboxylic acids is 1. The van der Waals surface area contributed by atoms with Gasteiger partial charge in [-0.1, -0.05) is 0 Å². The molecule has 1 unspecified atom stereocenters. The molecule has 0 bridgehead atoms. The van der Waals surface area contributed by atoms with Crippen LogP contribution in [0.4, 0.5) is 0 Å². The molecule has 0 aromatic heterocycles. The highest BCUT2D eigenvalue weighted by atomic mass is 32.2. The van der Waals surface area contributed by atoms with Crippen LogP contribution in [0.1, 0.15) is 23.2 Å². The van der Waals surface area contributed by atoms with Crippen molar-refractivity contribution in [1.82, 2.24) is 9.62 Å². The van der Waals surface area contributed by atoms with E-state index in [1.165, 1.54) is 24.3 Å². The van der Waals surface area contributed by atoms with Gasteiger partial charge in [0.15, 0.2) is 0 Å². The molecule has 1 atom stereocenters. The Kier molecular flexibility index (Phi) is 4.97. The molecule has 1 saturated heterocycles. The molecular formula is C14H20N2O4S. The third kappa shape index (κ3) is 4.26. The summed E-state index contributed by atoms with van der Waals surface area (Å²) in [5, 5.41) is 8.81. The molecule has 2 N–H and O–H groups in total. The van der Waals surface area contributed by atoms with Gasteiger partial charge in [-0.15, -0.1) is 0 Å². The molecule has 116 valence electrons. The van der Waals surface area contributed by atoms with Crippen LogP contribution in [0.25, 0.3) is 0 Å². The molecule has 0 saturated carbocycles. The van der Waals surface area contributed by atoms with Crippen LogP contribution in [-0.2, 0) is 10.0 Å². The van der Waals surface area contributed by atoms with Crippen molar-refractivity contribution in [2.45, 2.75) is 17.7 Å². The second-order valence-corrected chi connectivity index (χ2v) is 7.22. The lowest BCUT2D eigenvalue weighted by molar-refractivity contribution is 0.0696. The fourth-order valence-electron chi connectivity index (χ4n) is 2.53. The molecule has 1 fully saturated rings. The highest BCUT2D eigenvalue weighted by molar-refractivity contribution is 7.89. The summed E-state index contributed by atoms with van der Waals surface area (Å²) in [5.41, 5.74) is 0.0721. The first-order valence-electron chi connectivity index (χ1n) is 6.90. The Morgan fingerprint density at radius 3 is 2.62 bits per heavy atom. The van der Waals surface area contributed by atoms with Gasteiger partial charge in [-0.25, -0.2) is 17.9 Å². The Hall–Kier alpha value is -1.44. The van der Waals surface area contributed by atoms with Gasteiger partial charge in [0.25, 0.3) is 0 Å². The summed E-state index contributed by atoms with van der Waals surface area (Å²) in [6.45, 7) is 2.35. The summed E-state index contributed by atoms with van der Waals surface area (Å²) in [7, 11) is -1.55. The Labute approximate surface area is 124 Å². The lowest BCUT2D eigenvalue weighted by atomic mass is 9.99. The summed E-state index contributed by atoms with van der Waals surface area (Å²) in [6, 6.07) is 5.23. The third-order valence-electron chi connectivity index (χ3n) is 3.70. The average Bonchev–Trinajstić information content (AvgIpc) is 2.45. The number of nitrogens with one attached hydrogen (secondary N) is 1. The maximum atomic E-state index is 12.2. The van der Waals surface area contributed by atoms with Gasteiger partial charge >= 0.3 is 5.97 Å². The monoisotopic (exact) mass is 312 g/mol. The third-order valence-corrected chi connectivity index (χ3v) is 5.14. The standard InChI is InChI=1S/C14H20N2O4S/c1-16-8-2-3-11(10-16)9-15-21(19,20)13-6-4-12(5-7-13)14(17)18/h4-7,11,15H,2-3,8-10H2,1H3,(H,17,18). The highest BCUT2D eigenvalue weighted by Gasteiger charge is 2.21. The van der Waals surface area contributed by atoms with Gasteiger partial charge in [0.1, 0.15) is 0 Å². The molecule has 1 aliphatic rings. The largest absolute Gasteiger partial charge is 0.478 e. The first-order valence-corrected chi connectivity index (χ1v) is 8.38. The molecule has 1 aromatic rings. The fourth-order valence-corrected chi connectivity index (χ4v) is 3.64. The average molecular weight is 312 g/mol. The van der Waals surface area contributed by atoms with Crippen molar-refractivity contribution in [3.8, 4) is 0 Å². The molecule has 1 heterocycles. The highest BCUT2D eigenvalue weighted by Crippen LogP contribution is 2.16. The topological polar surface area (TPSA) is 86.7 Å². The number of carboxylic acid groups (broad SMARTS) is 1. The molecule has 1 aliphatic heterocycles. The minimum absolute atomic E-state index is 0.0721. The number of benzene rings is 1. The Morgan fingerprint density at radius 2 is 2.05 bits per heavy atom. The van der Waals surface area contributed by atoms with E-state index in [0.29, 0.717) is 12.5 Å². The minimum Gasteiger partial charge on any atom is -0.478 e. The molecule has 6 nitrogen and oxygen atoms in total. The van der Waals surface area contributed by atoms with Crippen LogP contribution in [-0.4, -0.2) is 51.1 Å². The van der Waals surface area contributed by atoms with E-state index in [1.54, 1.807) is 0 Å². The normalized spacial score (nSPS) is 20.3. The zero-order chi connectivity index (χ0) is 15.5. The van der Waals surface area contributed by atoms with Crippen molar-refractivity contribution < 1.29 is 18.3 Å². The van der Waals surface area contributed by atoms with Crippen molar-refractivity contribution in [2.24, 2.45) is 5.92 Å². The van der Waals surface area contributed by atoms with E-state index in [1.807, 2.05) is 7.05 Å². The predicted molar refractivity (Wildman–Crippen MR) is 78.8 cm³/mol. The van der Waals surface area contributed by atoms with Crippen LogP contribution in [0.15, 0.2) is 29.2 Å². The number of rotatable bonds is 5.